The van der Waals surface area contributed by atoms with Gasteiger partial charge in [0.05, 0.1) is 25.4 Å². The van der Waals surface area contributed by atoms with Gasteiger partial charge in [0.25, 0.3) is 0 Å². The Morgan fingerprint density at radius 2 is 0.812 bits per heavy atom. The first-order chi connectivity index (χ1) is 31.2. The molecule has 0 spiro atoms. The average Bonchev–Trinajstić information content (AvgIpc) is 3.29. The smallest absolute Gasteiger partial charge is 0.249 e. The number of hydrogen-bond donors (Lipinski definition) is 8. The number of amides is 1. The Morgan fingerprint density at radius 3 is 1.16 bits per heavy atom. The molecule has 1 rings (SSSR count). The predicted octanol–water partition coefficient (Wildman–Crippen LogP) is 10.6. The molecule has 0 aliphatic carbocycles. The van der Waals surface area contributed by atoms with E-state index in [1.807, 2.05) is 0 Å². The molecule has 382 valence electrons. The molecule has 1 aliphatic heterocycles. The van der Waals surface area contributed by atoms with E-state index in [-0.39, 0.29) is 6.42 Å². The van der Waals surface area contributed by atoms with Crippen molar-refractivity contribution in [3.63, 3.8) is 0 Å². The van der Waals surface area contributed by atoms with E-state index < -0.39 is 74.2 Å². The van der Waals surface area contributed by atoms with Crippen LogP contribution < -0.4 is 5.32 Å². The van der Waals surface area contributed by atoms with Gasteiger partial charge in [-0.25, -0.2) is 0 Å². The molecule has 1 aliphatic rings. The third-order valence-electron chi connectivity index (χ3n) is 13.7. The van der Waals surface area contributed by atoms with Gasteiger partial charge in [0.15, 0.2) is 6.29 Å². The number of hydrogen-bond acceptors (Lipinski definition) is 10. The molecule has 9 unspecified atom stereocenters. The second-order valence-electron chi connectivity index (χ2n) is 19.7. The fraction of sp³-hybridized carbons (Fsp3) is 0.981. The fourth-order valence-corrected chi connectivity index (χ4v) is 9.15. The summed E-state index contributed by atoms with van der Waals surface area (Å²) in [6, 6.07) is -1.16. The van der Waals surface area contributed by atoms with Crippen molar-refractivity contribution in [1.29, 1.82) is 0 Å². The van der Waals surface area contributed by atoms with E-state index in [9.17, 15) is 40.5 Å². The predicted molar refractivity (Wildman–Crippen MR) is 261 cm³/mol. The van der Waals surface area contributed by atoms with Crippen LogP contribution in [0.15, 0.2) is 0 Å². The van der Waals surface area contributed by atoms with Gasteiger partial charge in [-0.1, -0.05) is 251 Å². The summed E-state index contributed by atoms with van der Waals surface area (Å²) in [7, 11) is 0. The second-order valence-corrected chi connectivity index (χ2v) is 19.7. The van der Waals surface area contributed by atoms with Gasteiger partial charge in [-0.05, 0) is 12.8 Å². The molecule has 1 heterocycles. The molecule has 8 N–H and O–H groups in total. The minimum Gasteiger partial charge on any atom is -0.394 e. The standard InChI is InChI=1S/C53H105NO10/c1-3-5-7-9-11-13-14-15-16-17-18-19-20-21-22-23-24-25-26-27-28-29-30-31-32-33-35-36-38-40-45(56)48(58)44(43-63-53-51(61)50(60)49(59)47(42-55)64-53)54-52(62)46(57)41-39-37-34-12-10-8-6-4-2/h44-51,53,55-61H,3-43H2,1-2H3,(H,54,62). The number of unbranched alkanes of at least 4 members (excludes halogenated alkanes) is 35. The number of aliphatic hydroxyl groups excluding tert-OH is 7. The van der Waals surface area contributed by atoms with Crippen LogP contribution in [0.5, 0.6) is 0 Å². The molecule has 1 saturated heterocycles. The van der Waals surface area contributed by atoms with E-state index in [1.54, 1.807) is 0 Å². The zero-order chi connectivity index (χ0) is 46.9. The minimum absolute atomic E-state index is 0.263. The van der Waals surface area contributed by atoms with Crippen LogP contribution in [0.2, 0.25) is 0 Å². The van der Waals surface area contributed by atoms with Gasteiger partial charge in [-0.3, -0.25) is 4.79 Å². The van der Waals surface area contributed by atoms with Crippen LogP contribution in [-0.4, -0.2) is 110 Å². The van der Waals surface area contributed by atoms with E-state index >= 15 is 0 Å². The molecule has 11 heteroatoms. The third kappa shape index (κ3) is 32.0. The van der Waals surface area contributed by atoms with Crippen molar-refractivity contribution in [2.24, 2.45) is 0 Å². The van der Waals surface area contributed by atoms with E-state index in [2.05, 4.69) is 19.2 Å². The van der Waals surface area contributed by atoms with Gasteiger partial charge in [-0.15, -0.1) is 0 Å². The topological polar surface area (TPSA) is 189 Å². The van der Waals surface area contributed by atoms with Crippen LogP contribution in [0.1, 0.15) is 264 Å². The van der Waals surface area contributed by atoms with Crippen LogP contribution in [0.25, 0.3) is 0 Å². The molecule has 1 amide bonds. The molecule has 0 bridgehead atoms. The largest absolute Gasteiger partial charge is 0.394 e. The summed E-state index contributed by atoms with van der Waals surface area (Å²) in [4.78, 5) is 13.0. The first-order valence-corrected chi connectivity index (χ1v) is 27.4. The summed E-state index contributed by atoms with van der Waals surface area (Å²) < 4.78 is 11.1. The molecule has 0 radical (unpaired) electrons. The summed E-state index contributed by atoms with van der Waals surface area (Å²) in [5.74, 6) is -0.697. The highest BCUT2D eigenvalue weighted by Crippen LogP contribution is 2.23. The van der Waals surface area contributed by atoms with E-state index in [1.165, 1.54) is 186 Å². The number of carbonyl (C=O) groups excluding carboxylic acids is 1. The highest BCUT2D eigenvalue weighted by Gasteiger charge is 2.44. The van der Waals surface area contributed by atoms with E-state index in [0.717, 1.165) is 38.5 Å². The maximum absolute atomic E-state index is 13.0. The molecule has 0 aromatic carbocycles. The fourth-order valence-electron chi connectivity index (χ4n) is 9.15. The maximum Gasteiger partial charge on any atom is 0.249 e. The first kappa shape index (κ1) is 61.1. The van der Waals surface area contributed by atoms with Gasteiger partial charge in [0.1, 0.15) is 36.6 Å². The Hall–Kier alpha value is -0.890. The highest BCUT2D eigenvalue weighted by molar-refractivity contribution is 5.80. The lowest BCUT2D eigenvalue weighted by molar-refractivity contribution is -0.303. The zero-order valence-corrected chi connectivity index (χ0v) is 41.5. The molecule has 11 nitrogen and oxygen atoms in total. The number of nitrogens with one attached hydrogen (secondary N) is 1. The lowest BCUT2D eigenvalue weighted by Gasteiger charge is -2.40. The second kappa shape index (κ2) is 43.4. The molecule has 0 aromatic heterocycles. The number of rotatable bonds is 47. The van der Waals surface area contributed by atoms with Gasteiger partial charge < -0.3 is 50.5 Å². The van der Waals surface area contributed by atoms with Crippen molar-refractivity contribution in [3.05, 3.63) is 0 Å². The Labute approximate surface area is 392 Å². The maximum atomic E-state index is 13.0. The normalized spacial score (nSPS) is 20.9. The molecule has 1 fully saturated rings. The lowest BCUT2D eigenvalue weighted by Crippen LogP contribution is -2.60. The van der Waals surface area contributed by atoms with Crippen molar-refractivity contribution in [3.8, 4) is 0 Å². The molecule has 9 atom stereocenters. The first-order valence-electron chi connectivity index (χ1n) is 27.4. The monoisotopic (exact) mass is 916 g/mol. The Bertz CT molecular complexity index is 1010. The van der Waals surface area contributed by atoms with Crippen molar-refractivity contribution in [2.75, 3.05) is 13.2 Å². The van der Waals surface area contributed by atoms with Crippen LogP contribution in [-0.2, 0) is 14.3 Å². The summed E-state index contributed by atoms with van der Waals surface area (Å²) in [6.45, 7) is 3.43. The van der Waals surface area contributed by atoms with Gasteiger partial charge in [0.2, 0.25) is 5.91 Å². The van der Waals surface area contributed by atoms with Crippen molar-refractivity contribution in [1.82, 2.24) is 5.32 Å². The summed E-state index contributed by atoms with van der Waals surface area (Å²) in [6.07, 6.45) is 36.3. The van der Waals surface area contributed by atoms with Crippen LogP contribution in [0.3, 0.4) is 0 Å². The Kier molecular flexibility index (Phi) is 41.4. The third-order valence-corrected chi connectivity index (χ3v) is 13.7. The van der Waals surface area contributed by atoms with Crippen molar-refractivity contribution >= 4 is 5.91 Å². The van der Waals surface area contributed by atoms with Crippen LogP contribution in [0.4, 0.5) is 0 Å². The number of ether oxygens (including phenoxy) is 2. The van der Waals surface area contributed by atoms with Crippen molar-refractivity contribution < 1.29 is 50.0 Å². The average molecular weight is 916 g/mol. The highest BCUT2D eigenvalue weighted by atomic mass is 16.7. The minimum atomic E-state index is -1.66. The van der Waals surface area contributed by atoms with Crippen LogP contribution >= 0.6 is 0 Å². The van der Waals surface area contributed by atoms with E-state index in [4.69, 9.17) is 9.47 Å². The molecule has 64 heavy (non-hydrogen) atoms. The molecule has 0 saturated carbocycles. The zero-order valence-electron chi connectivity index (χ0n) is 41.5. The molecular formula is C53H105NO10. The van der Waals surface area contributed by atoms with Gasteiger partial charge >= 0.3 is 0 Å². The van der Waals surface area contributed by atoms with E-state index in [0.29, 0.717) is 19.3 Å². The summed E-state index contributed by atoms with van der Waals surface area (Å²) in [5.41, 5.74) is 0. The van der Waals surface area contributed by atoms with Crippen molar-refractivity contribution in [2.45, 2.75) is 319 Å². The Balaban J connectivity index is 2.18. The lowest BCUT2D eigenvalue weighted by atomic mass is 9.98. The van der Waals surface area contributed by atoms with Crippen LogP contribution in [0, 0.1) is 0 Å². The summed E-state index contributed by atoms with van der Waals surface area (Å²) >= 11 is 0. The SMILES string of the molecule is CCCCCCCCCCCCCCCCCCCCCCCCCCCCCCCC(O)C(O)C(COC1OC(CO)C(O)C(O)C1O)NC(=O)C(O)CCCCCCCCCC. The number of aliphatic hydroxyl groups is 7. The van der Waals surface area contributed by atoms with Gasteiger partial charge in [-0.2, -0.15) is 0 Å². The van der Waals surface area contributed by atoms with Gasteiger partial charge in [0, 0.05) is 0 Å². The summed E-state index contributed by atoms with van der Waals surface area (Å²) in [5, 5.41) is 75.7. The quantitative estimate of drug-likeness (QED) is 0.0273. The number of carbonyl (C=O) groups is 1. The Morgan fingerprint density at radius 1 is 0.484 bits per heavy atom. The molecule has 0 aromatic rings. The molecular weight excluding hydrogens is 811 g/mol.